The first-order valence-electron chi connectivity index (χ1n) is 7.35. The van der Waals surface area contributed by atoms with Crippen molar-refractivity contribution in [2.45, 2.75) is 13.8 Å². The summed E-state index contributed by atoms with van der Waals surface area (Å²) < 4.78 is 15.9. The van der Waals surface area contributed by atoms with Crippen LogP contribution < -0.4 is 19.5 Å². The number of hydrogen-bond acceptors (Lipinski definition) is 4. The van der Waals surface area contributed by atoms with Crippen molar-refractivity contribution < 1.29 is 19.0 Å². The Morgan fingerprint density at radius 2 is 1.50 bits per heavy atom. The fraction of sp³-hybridized carbons (Fsp3) is 0.278. The maximum atomic E-state index is 12.1. The van der Waals surface area contributed by atoms with Crippen LogP contribution in [-0.2, 0) is 4.79 Å². The lowest BCUT2D eigenvalue weighted by atomic mass is 10.1. The smallest absolute Gasteiger partial charge is 0.262 e. The van der Waals surface area contributed by atoms with Crippen LogP contribution in [0.4, 0.5) is 5.69 Å². The van der Waals surface area contributed by atoms with Gasteiger partial charge in [-0.3, -0.25) is 4.79 Å². The first-order valence-corrected chi connectivity index (χ1v) is 7.73. The zero-order valence-electron chi connectivity index (χ0n) is 14.1. The molecule has 0 heterocycles. The second-order valence-corrected chi connectivity index (χ2v) is 5.69. The maximum absolute atomic E-state index is 12.1. The molecule has 0 saturated heterocycles. The van der Waals surface area contributed by atoms with Crippen molar-refractivity contribution in [2.75, 3.05) is 26.1 Å². The third-order valence-electron chi connectivity index (χ3n) is 3.42. The Bertz CT molecular complexity index is 701. The summed E-state index contributed by atoms with van der Waals surface area (Å²) in [5, 5.41) is 3.46. The van der Waals surface area contributed by atoms with Crippen LogP contribution in [-0.4, -0.2) is 26.7 Å². The molecule has 0 aliphatic rings. The molecule has 0 atom stereocenters. The number of hydrogen-bond donors (Lipinski definition) is 1. The Morgan fingerprint density at radius 1 is 0.958 bits per heavy atom. The largest absolute Gasteiger partial charge is 0.497 e. The number of halogens is 1. The lowest BCUT2D eigenvalue weighted by Gasteiger charge is -2.12. The van der Waals surface area contributed by atoms with E-state index in [-0.39, 0.29) is 12.5 Å². The molecular weight excluding hydrogens is 330 g/mol. The average molecular weight is 350 g/mol. The normalized spacial score (nSPS) is 10.2. The van der Waals surface area contributed by atoms with E-state index in [1.165, 1.54) is 0 Å². The zero-order valence-corrected chi connectivity index (χ0v) is 14.9. The fourth-order valence-electron chi connectivity index (χ4n) is 2.22. The van der Waals surface area contributed by atoms with Gasteiger partial charge in [-0.25, -0.2) is 0 Å². The fourth-order valence-corrected chi connectivity index (χ4v) is 2.32. The molecule has 0 fully saturated rings. The number of benzene rings is 2. The third-order valence-corrected chi connectivity index (χ3v) is 4.01. The molecule has 2 aromatic rings. The number of carbonyl (C=O) groups is 1. The highest BCUT2D eigenvalue weighted by molar-refractivity contribution is 6.32. The molecule has 0 bridgehead atoms. The first kappa shape index (κ1) is 17.9. The highest BCUT2D eigenvalue weighted by Crippen LogP contribution is 2.27. The number of nitrogens with one attached hydrogen (secondary N) is 1. The van der Waals surface area contributed by atoms with E-state index < -0.39 is 0 Å². The summed E-state index contributed by atoms with van der Waals surface area (Å²) in [6, 6.07) is 8.74. The summed E-state index contributed by atoms with van der Waals surface area (Å²) in [6.07, 6.45) is 0. The lowest BCUT2D eigenvalue weighted by Crippen LogP contribution is -2.20. The molecule has 0 radical (unpaired) electrons. The van der Waals surface area contributed by atoms with E-state index in [9.17, 15) is 4.79 Å². The Labute approximate surface area is 146 Å². The minimum absolute atomic E-state index is 0.111. The van der Waals surface area contributed by atoms with Gasteiger partial charge in [0.1, 0.15) is 17.2 Å². The van der Waals surface area contributed by atoms with E-state index >= 15 is 0 Å². The number of anilines is 1. The molecule has 5 nitrogen and oxygen atoms in total. The van der Waals surface area contributed by atoms with Crippen molar-refractivity contribution in [3.63, 3.8) is 0 Å². The summed E-state index contributed by atoms with van der Waals surface area (Å²) in [4.78, 5) is 12.1. The Balaban J connectivity index is 2.01. The SMILES string of the molecule is COc1cc(NC(=O)COc2cc(C)c(Cl)c(C)c2)cc(OC)c1. The molecular formula is C18H20ClNO4. The highest BCUT2D eigenvalue weighted by atomic mass is 35.5. The minimum atomic E-state index is -0.282. The van der Waals surface area contributed by atoms with Gasteiger partial charge in [-0.15, -0.1) is 0 Å². The summed E-state index contributed by atoms with van der Waals surface area (Å²) in [6.45, 7) is 3.68. The molecule has 0 unspecified atom stereocenters. The van der Waals surface area contributed by atoms with E-state index in [4.69, 9.17) is 25.8 Å². The van der Waals surface area contributed by atoms with E-state index in [0.29, 0.717) is 28.0 Å². The van der Waals surface area contributed by atoms with E-state index in [0.717, 1.165) is 11.1 Å². The predicted molar refractivity (Wildman–Crippen MR) is 94.6 cm³/mol. The van der Waals surface area contributed by atoms with Gasteiger partial charge in [-0.1, -0.05) is 11.6 Å². The molecule has 0 aliphatic heterocycles. The summed E-state index contributed by atoms with van der Waals surface area (Å²) in [7, 11) is 3.10. The van der Waals surface area contributed by atoms with Gasteiger partial charge in [-0.2, -0.15) is 0 Å². The van der Waals surface area contributed by atoms with Crippen molar-refractivity contribution in [1.29, 1.82) is 0 Å². The average Bonchev–Trinajstić information content (AvgIpc) is 2.57. The van der Waals surface area contributed by atoms with Crippen LogP contribution in [0.2, 0.25) is 5.02 Å². The van der Waals surface area contributed by atoms with E-state index in [1.54, 1.807) is 44.6 Å². The Morgan fingerprint density at radius 3 is 2.00 bits per heavy atom. The summed E-state index contributed by atoms with van der Waals surface area (Å²) >= 11 is 6.12. The number of carbonyl (C=O) groups excluding carboxylic acids is 1. The maximum Gasteiger partial charge on any atom is 0.262 e. The number of ether oxygens (including phenoxy) is 3. The second-order valence-electron chi connectivity index (χ2n) is 5.31. The van der Waals surface area contributed by atoms with Gasteiger partial charge >= 0.3 is 0 Å². The van der Waals surface area contributed by atoms with Gasteiger partial charge in [0.15, 0.2) is 6.61 Å². The molecule has 0 aliphatic carbocycles. The molecule has 24 heavy (non-hydrogen) atoms. The number of rotatable bonds is 6. The summed E-state index contributed by atoms with van der Waals surface area (Å²) in [5.74, 6) is 1.51. The molecule has 1 N–H and O–H groups in total. The topological polar surface area (TPSA) is 56.8 Å². The van der Waals surface area contributed by atoms with Crippen molar-refractivity contribution in [1.82, 2.24) is 0 Å². The van der Waals surface area contributed by atoms with Gasteiger partial charge in [0, 0.05) is 28.9 Å². The molecule has 0 saturated carbocycles. The van der Waals surface area contributed by atoms with Crippen LogP contribution >= 0.6 is 11.6 Å². The lowest BCUT2D eigenvalue weighted by molar-refractivity contribution is -0.118. The van der Waals surface area contributed by atoms with Crippen molar-refractivity contribution in [3.8, 4) is 17.2 Å². The second kappa shape index (κ2) is 7.93. The van der Waals surface area contributed by atoms with Crippen molar-refractivity contribution in [2.24, 2.45) is 0 Å². The summed E-state index contributed by atoms with van der Waals surface area (Å²) in [5.41, 5.74) is 2.39. The first-order chi connectivity index (χ1) is 11.4. The molecule has 2 aromatic carbocycles. The monoisotopic (exact) mass is 349 g/mol. The van der Waals surface area contributed by atoms with Gasteiger partial charge < -0.3 is 19.5 Å². The molecule has 2 rings (SSSR count). The van der Waals surface area contributed by atoms with Crippen LogP contribution in [0, 0.1) is 13.8 Å². The van der Waals surface area contributed by atoms with Crippen LogP contribution in [0.25, 0.3) is 0 Å². The number of aryl methyl sites for hydroxylation is 2. The van der Waals surface area contributed by atoms with Crippen LogP contribution in [0.1, 0.15) is 11.1 Å². The van der Waals surface area contributed by atoms with Crippen LogP contribution in [0.3, 0.4) is 0 Å². The quantitative estimate of drug-likeness (QED) is 0.856. The molecule has 6 heteroatoms. The van der Waals surface area contributed by atoms with E-state index in [1.807, 2.05) is 13.8 Å². The minimum Gasteiger partial charge on any atom is -0.497 e. The Kier molecular flexibility index (Phi) is 5.93. The van der Waals surface area contributed by atoms with Crippen molar-refractivity contribution in [3.05, 3.63) is 46.5 Å². The molecule has 1 amide bonds. The molecule has 128 valence electrons. The van der Waals surface area contributed by atoms with Crippen molar-refractivity contribution >= 4 is 23.2 Å². The Hall–Kier alpha value is -2.40. The molecule has 0 aromatic heterocycles. The molecule has 0 spiro atoms. The standard InChI is InChI=1S/C18H20ClNO4/c1-11-5-16(6-12(2)18(11)19)24-10-17(21)20-13-7-14(22-3)9-15(8-13)23-4/h5-9H,10H2,1-4H3,(H,20,21). The van der Waals surface area contributed by atoms with Gasteiger partial charge in [-0.05, 0) is 37.1 Å². The number of methoxy groups -OCH3 is 2. The van der Waals surface area contributed by atoms with Gasteiger partial charge in [0.05, 0.1) is 14.2 Å². The third kappa shape index (κ3) is 4.55. The van der Waals surface area contributed by atoms with Gasteiger partial charge in [0.25, 0.3) is 5.91 Å². The van der Waals surface area contributed by atoms with Gasteiger partial charge in [0.2, 0.25) is 0 Å². The van der Waals surface area contributed by atoms with Crippen LogP contribution in [0.5, 0.6) is 17.2 Å². The zero-order chi connectivity index (χ0) is 17.7. The van der Waals surface area contributed by atoms with Crippen LogP contribution in [0.15, 0.2) is 30.3 Å². The van der Waals surface area contributed by atoms with E-state index in [2.05, 4.69) is 5.32 Å². The highest BCUT2D eigenvalue weighted by Gasteiger charge is 2.09. The predicted octanol–water partition coefficient (Wildman–Crippen LogP) is 3.99. The number of amides is 1.